The van der Waals surface area contributed by atoms with Gasteiger partial charge in [0, 0.05) is 19.1 Å². The lowest BCUT2D eigenvalue weighted by Gasteiger charge is -2.37. The van der Waals surface area contributed by atoms with E-state index < -0.39 is 0 Å². The Morgan fingerprint density at radius 3 is 2.41 bits per heavy atom. The van der Waals surface area contributed by atoms with Gasteiger partial charge in [0.25, 0.3) is 0 Å². The van der Waals surface area contributed by atoms with Crippen LogP contribution in [-0.4, -0.2) is 48.6 Å². The number of nitriles is 1. The van der Waals surface area contributed by atoms with Crippen LogP contribution in [0.5, 0.6) is 0 Å². The zero-order chi connectivity index (χ0) is 12.3. The van der Waals surface area contributed by atoms with Gasteiger partial charge in [-0.05, 0) is 44.8 Å². The summed E-state index contributed by atoms with van der Waals surface area (Å²) in [4.78, 5) is 5.15. The van der Waals surface area contributed by atoms with Crippen molar-refractivity contribution in [3.05, 3.63) is 0 Å². The highest BCUT2D eigenvalue weighted by Crippen LogP contribution is 2.24. The molecule has 2 heterocycles. The van der Waals surface area contributed by atoms with E-state index in [0.29, 0.717) is 5.92 Å². The average Bonchev–Trinajstić information content (AvgIpc) is 2.78. The van der Waals surface area contributed by atoms with Gasteiger partial charge in [0.05, 0.1) is 12.0 Å². The van der Waals surface area contributed by atoms with Crippen molar-refractivity contribution in [2.45, 2.75) is 39.2 Å². The smallest absolute Gasteiger partial charge is 0.0669 e. The highest BCUT2D eigenvalue weighted by molar-refractivity contribution is 4.93. The van der Waals surface area contributed by atoms with Gasteiger partial charge in [-0.1, -0.05) is 13.8 Å². The largest absolute Gasteiger partial charge is 0.303 e. The van der Waals surface area contributed by atoms with Crippen LogP contribution in [0.15, 0.2) is 0 Å². The van der Waals surface area contributed by atoms with Gasteiger partial charge in [-0.25, -0.2) is 0 Å². The molecule has 0 aromatic heterocycles. The molecule has 0 saturated carbocycles. The fourth-order valence-electron chi connectivity index (χ4n) is 3.21. The van der Waals surface area contributed by atoms with Crippen LogP contribution in [-0.2, 0) is 0 Å². The molecule has 96 valence electrons. The average molecular weight is 235 g/mol. The second-order valence-electron chi connectivity index (χ2n) is 6.04. The van der Waals surface area contributed by atoms with Gasteiger partial charge >= 0.3 is 0 Å². The molecular formula is C14H25N3. The van der Waals surface area contributed by atoms with Crippen LogP contribution in [0.1, 0.15) is 33.1 Å². The van der Waals surface area contributed by atoms with Crippen LogP contribution in [0.2, 0.25) is 0 Å². The number of nitrogens with zero attached hydrogens (tertiary/aromatic N) is 3. The van der Waals surface area contributed by atoms with Crippen LogP contribution in [0.3, 0.4) is 0 Å². The maximum Gasteiger partial charge on any atom is 0.0669 e. The van der Waals surface area contributed by atoms with Crippen molar-refractivity contribution < 1.29 is 0 Å². The highest BCUT2D eigenvalue weighted by atomic mass is 15.2. The molecule has 3 heteroatoms. The standard InChI is InChI=1S/C14H25N3/c1-12(2)10-16-6-4-14(5-7-16)17-8-3-13(9-15)11-17/h12-14H,3-8,10-11H2,1-2H3. The molecule has 0 radical (unpaired) electrons. The van der Waals surface area contributed by atoms with Gasteiger partial charge in [-0.3, -0.25) is 4.90 Å². The maximum atomic E-state index is 8.94. The number of likely N-dealkylation sites (tertiary alicyclic amines) is 2. The Morgan fingerprint density at radius 1 is 1.18 bits per heavy atom. The first-order valence-electron chi connectivity index (χ1n) is 7.05. The summed E-state index contributed by atoms with van der Waals surface area (Å²) in [6.45, 7) is 10.5. The van der Waals surface area contributed by atoms with Gasteiger partial charge in [0.2, 0.25) is 0 Å². The van der Waals surface area contributed by atoms with Crippen LogP contribution in [0, 0.1) is 23.2 Å². The second kappa shape index (κ2) is 5.84. The van der Waals surface area contributed by atoms with Gasteiger partial charge < -0.3 is 4.90 Å². The Bertz CT molecular complexity index is 274. The summed E-state index contributed by atoms with van der Waals surface area (Å²) in [6, 6.07) is 3.16. The summed E-state index contributed by atoms with van der Waals surface area (Å²) < 4.78 is 0. The molecule has 0 N–H and O–H groups in total. The van der Waals surface area contributed by atoms with Crippen molar-refractivity contribution in [2.24, 2.45) is 11.8 Å². The van der Waals surface area contributed by atoms with E-state index in [0.717, 1.165) is 31.5 Å². The molecule has 2 fully saturated rings. The minimum Gasteiger partial charge on any atom is -0.303 e. The third-order valence-electron chi connectivity index (χ3n) is 4.10. The number of rotatable bonds is 3. The van der Waals surface area contributed by atoms with Crippen molar-refractivity contribution in [2.75, 3.05) is 32.7 Å². The third kappa shape index (κ3) is 3.43. The third-order valence-corrected chi connectivity index (χ3v) is 4.10. The Kier molecular flexibility index (Phi) is 4.42. The molecule has 2 saturated heterocycles. The fourth-order valence-corrected chi connectivity index (χ4v) is 3.21. The molecule has 0 aromatic rings. The van der Waals surface area contributed by atoms with E-state index in [2.05, 4.69) is 29.7 Å². The first-order valence-corrected chi connectivity index (χ1v) is 7.05. The summed E-state index contributed by atoms with van der Waals surface area (Å²) in [5.41, 5.74) is 0. The van der Waals surface area contributed by atoms with E-state index in [-0.39, 0.29) is 0 Å². The predicted molar refractivity (Wildman–Crippen MR) is 69.6 cm³/mol. The first kappa shape index (κ1) is 12.9. The minimum atomic E-state index is 0.295. The molecule has 3 nitrogen and oxygen atoms in total. The monoisotopic (exact) mass is 235 g/mol. The molecule has 2 aliphatic rings. The molecule has 2 aliphatic heterocycles. The van der Waals surface area contributed by atoms with E-state index >= 15 is 0 Å². The van der Waals surface area contributed by atoms with E-state index in [1.54, 1.807) is 0 Å². The quantitative estimate of drug-likeness (QED) is 0.749. The lowest BCUT2D eigenvalue weighted by molar-refractivity contribution is 0.117. The molecule has 17 heavy (non-hydrogen) atoms. The van der Waals surface area contributed by atoms with Crippen LogP contribution < -0.4 is 0 Å². The lowest BCUT2D eigenvalue weighted by Crippen LogP contribution is -2.44. The number of hydrogen-bond donors (Lipinski definition) is 0. The zero-order valence-electron chi connectivity index (χ0n) is 11.2. The zero-order valence-corrected chi connectivity index (χ0v) is 11.2. The lowest BCUT2D eigenvalue weighted by atomic mass is 10.0. The number of hydrogen-bond acceptors (Lipinski definition) is 3. The van der Waals surface area contributed by atoms with E-state index in [9.17, 15) is 0 Å². The molecular weight excluding hydrogens is 210 g/mol. The molecule has 1 atom stereocenters. The molecule has 0 amide bonds. The molecule has 0 bridgehead atoms. The Morgan fingerprint density at radius 2 is 1.88 bits per heavy atom. The summed E-state index contributed by atoms with van der Waals surface area (Å²) in [6.07, 6.45) is 3.68. The van der Waals surface area contributed by atoms with Crippen LogP contribution in [0.25, 0.3) is 0 Å². The van der Waals surface area contributed by atoms with E-state index in [1.165, 1.54) is 32.5 Å². The Labute approximate surface area is 105 Å². The van der Waals surface area contributed by atoms with Crippen molar-refractivity contribution in [3.63, 3.8) is 0 Å². The summed E-state index contributed by atoms with van der Waals surface area (Å²) in [5, 5.41) is 8.94. The van der Waals surface area contributed by atoms with Crippen molar-refractivity contribution >= 4 is 0 Å². The molecule has 2 rings (SSSR count). The SMILES string of the molecule is CC(C)CN1CCC(N2CCC(C#N)C2)CC1. The topological polar surface area (TPSA) is 30.3 Å². The summed E-state index contributed by atoms with van der Waals surface area (Å²) in [5.74, 6) is 1.07. The van der Waals surface area contributed by atoms with Crippen molar-refractivity contribution in [3.8, 4) is 6.07 Å². The highest BCUT2D eigenvalue weighted by Gasteiger charge is 2.30. The maximum absolute atomic E-state index is 8.94. The predicted octanol–water partition coefficient (Wildman–Crippen LogP) is 1.95. The molecule has 0 spiro atoms. The summed E-state index contributed by atoms with van der Waals surface area (Å²) >= 11 is 0. The minimum absolute atomic E-state index is 0.295. The second-order valence-corrected chi connectivity index (χ2v) is 6.04. The van der Waals surface area contributed by atoms with Crippen molar-refractivity contribution in [1.29, 1.82) is 5.26 Å². The normalized spacial score (nSPS) is 28.7. The first-order chi connectivity index (χ1) is 8.19. The Hall–Kier alpha value is -0.590. The van der Waals surface area contributed by atoms with Gasteiger partial charge in [0.15, 0.2) is 0 Å². The van der Waals surface area contributed by atoms with Crippen LogP contribution in [0.4, 0.5) is 0 Å². The molecule has 1 unspecified atom stereocenters. The van der Waals surface area contributed by atoms with Gasteiger partial charge in [-0.2, -0.15) is 5.26 Å². The van der Waals surface area contributed by atoms with E-state index in [4.69, 9.17) is 5.26 Å². The fraction of sp³-hybridized carbons (Fsp3) is 0.929. The van der Waals surface area contributed by atoms with E-state index in [1.807, 2.05) is 0 Å². The van der Waals surface area contributed by atoms with Crippen molar-refractivity contribution in [1.82, 2.24) is 9.80 Å². The Balaban J connectivity index is 1.74. The molecule has 0 aromatic carbocycles. The van der Waals surface area contributed by atoms with Gasteiger partial charge in [0.1, 0.15) is 0 Å². The number of piperidine rings is 1. The summed E-state index contributed by atoms with van der Waals surface area (Å²) in [7, 11) is 0. The molecule has 0 aliphatic carbocycles. The van der Waals surface area contributed by atoms with Crippen LogP contribution >= 0.6 is 0 Å². The van der Waals surface area contributed by atoms with Gasteiger partial charge in [-0.15, -0.1) is 0 Å².